The van der Waals surface area contributed by atoms with Crippen LogP contribution in [0.3, 0.4) is 0 Å². The Kier molecular flexibility index (Phi) is 4.14. The quantitative estimate of drug-likeness (QED) is 0.336. The number of hydrogen-bond donors (Lipinski definition) is 1. The van der Waals surface area contributed by atoms with Crippen LogP contribution in [0.4, 0.5) is 0 Å². The molecule has 0 unspecified atom stereocenters. The Labute approximate surface area is 65.0 Å². The monoisotopic (exact) mass is 157 g/mol. The zero-order valence-corrected chi connectivity index (χ0v) is 6.42. The van der Waals surface area contributed by atoms with Crippen LogP contribution in [0.1, 0.15) is 6.42 Å². The van der Waals surface area contributed by atoms with Crippen LogP contribution in [-0.4, -0.2) is 25.4 Å². The summed E-state index contributed by atoms with van der Waals surface area (Å²) in [6.45, 7) is 3.51. The zero-order chi connectivity index (χ0) is 8.85. The highest BCUT2D eigenvalue weighted by molar-refractivity contribution is 6.18. The molecule has 0 fully saturated rings. The van der Waals surface area contributed by atoms with Gasteiger partial charge in [0.05, 0.1) is 12.2 Å². The van der Waals surface area contributed by atoms with E-state index in [-0.39, 0.29) is 24.4 Å². The number of primary amides is 1. The number of carbonyl (C=O) groups is 2. The topological polar surface area (TPSA) is 69.4 Å². The Hall–Kier alpha value is -1.16. The van der Waals surface area contributed by atoms with E-state index in [4.69, 9.17) is 5.73 Å². The Bertz CT molecular complexity index is 186. The second kappa shape index (κ2) is 4.62. The van der Waals surface area contributed by atoms with Crippen molar-refractivity contribution in [2.75, 3.05) is 13.7 Å². The maximum atomic E-state index is 10.9. The molecule has 4 nitrogen and oxygen atoms in total. The van der Waals surface area contributed by atoms with Crippen LogP contribution in [0.2, 0.25) is 0 Å². The molecule has 4 heteroatoms. The molecule has 0 bridgehead atoms. The van der Waals surface area contributed by atoms with Crippen LogP contribution < -0.4 is 5.73 Å². The fourth-order valence-electron chi connectivity index (χ4n) is 0.483. The first-order valence-corrected chi connectivity index (χ1v) is 3.10. The van der Waals surface area contributed by atoms with Gasteiger partial charge in [0.1, 0.15) is 0 Å². The molecule has 11 heavy (non-hydrogen) atoms. The molecule has 0 saturated heterocycles. The van der Waals surface area contributed by atoms with Gasteiger partial charge in [0.25, 0.3) is 5.91 Å². The summed E-state index contributed by atoms with van der Waals surface area (Å²) in [5.41, 5.74) is 4.64. The van der Waals surface area contributed by atoms with Crippen molar-refractivity contribution >= 4 is 11.7 Å². The number of rotatable bonds is 5. The van der Waals surface area contributed by atoms with E-state index in [0.29, 0.717) is 0 Å². The van der Waals surface area contributed by atoms with Crippen LogP contribution >= 0.6 is 0 Å². The van der Waals surface area contributed by atoms with Crippen LogP contribution in [0.25, 0.3) is 0 Å². The summed E-state index contributed by atoms with van der Waals surface area (Å²) in [6.07, 6.45) is 0.151. The van der Waals surface area contributed by atoms with Crippen LogP contribution in [-0.2, 0) is 14.3 Å². The molecule has 2 N–H and O–H groups in total. The molecule has 0 heterocycles. The van der Waals surface area contributed by atoms with Gasteiger partial charge >= 0.3 is 0 Å². The first kappa shape index (κ1) is 9.84. The van der Waals surface area contributed by atoms with Crippen molar-refractivity contribution in [2.45, 2.75) is 6.42 Å². The van der Waals surface area contributed by atoms with E-state index in [1.54, 1.807) is 0 Å². The zero-order valence-electron chi connectivity index (χ0n) is 6.42. The van der Waals surface area contributed by atoms with Gasteiger partial charge < -0.3 is 10.5 Å². The number of hydrogen-bond acceptors (Lipinski definition) is 3. The molecule has 0 aliphatic heterocycles. The van der Waals surface area contributed by atoms with E-state index in [0.717, 1.165) is 0 Å². The van der Waals surface area contributed by atoms with Crippen LogP contribution in [0.5, 0.6) is 0 Å². The van der Waals surface area contributed by atoms with Crippen molar-refractivity contribution in [1.29, 1.82) is 0 Å². The highest BCUT2D eigenvalue weighted by Crippen LogP contribution is 1.95. The Morgan fingerprint density at radius 3 is 2.45 bits per heavy atom. The van der Waals surface area contributed by atoms with Crippen LogP contribution in [0, 0.1) is 0 Å². The number of ketones is 1. The molecular formula is C7H11NO3. The van der Waals surface area contributed by atoms with Gasteiger partial charge in [-0.3, -0.25) is 9.59 Å². The van der Waals surface area contributed by atoms with Crippen molar-refractivity contribution < 1.29 is 14.3 Å². The smallest absolute Gasteiger partial charge is 0.251 e. The molecule has 0 saturated carbocycles. The number of nitrogens with two attached hydrogens (primary N) is 1. The fourth-order valence-corrected chi connectivity index (χ4v) is 0.483. The average molecular weight is 157 g/mol. The number of carbonyl (C=O) groups excluding carboxylic acids is 2. The molecular weight excluding hydrogens is 146 g/mol. The summed E-state index contributed by atoms with van der Waals surface area (Å²) in [6, 6.07) is 0. The lowest BCUT2D eigenvalue weighted by Gasteiger charge is -1.98. The molecule has 0 aromatic heterocycles. The van der Waals surface area contributed by atoms with Crippen molar-refractivity contribution in [1.82, 2.24) is 0 Å². The largest absolute Gasteiger partial charge is 0.384 e. The molecule has 1 amide bonds. The minimum atomic E-state index is -0.772. The summed E-state index contributed by atoms with van der Waals surface area (Å²) in [7, 11) is 1.47. The second-order valence-corrected chi connectivity index (χ2v) is 2.01. The summed E-state index contributed by atoms with van der Waals surface area (Å²) >= 11 is 0. The first-order chi connectivity index (χ1) is 5.09. The van der Waals surface area contributed by atoms with E-state index in [1.165, 1.54) is 7.11 Å². The molecule has 0 aliphatic rings. The van der Waals surface area contributed by atoms with Gasteiger partial charge in [0.15, 0.2) is 5.78 Å². The van der Waals surface area contributed by atoms with Gasteiger partial charge in [-0.2, -0.15) is 0 Å². The lowest BCUT2D eigenvalue weighted by atomic mass is 10.1. The Balaban J connectivity index is 3.84. The Morgan fingerprint density at radius 1 is 1.55 bits per heavy atom. The second-order valence-electron chi connectivity index (χ2n) is 2.01. The predicted octanol–water partition coefficient (Wildman–Crippen LogP) is -0.367. The van der Waals surface area contributed by atoms with Gasteiger partial charge in [0.2, 0.25) is 0 Å². The standard InChI is InChI=1S/C7H11NO3/c1-5(7(8)10)6(9)3-4-11-2/h1,3-4H2,2H3,(H2,8,10). The van der Waals surface area contributed by atoms with E-state index in [1.807, 2.05) is 0 Å². The summed E-state index contributed by atoms with van der Waals surface area (Å²) < 4.78 is 4.63. The normalized spacial score (nSPS) is 9.18. The van der Waals surface area contributed by atoms with Gasteiger partial charge in [-0.1, -0.05) is 6.58 Å². The highest BCUT2D eigenvalue weighted by Gasteiger charge is 2.10. The van der Waals surface area contributed by atoms with E-state index in [2.05, 4.69) is 11.3 Å². The molecule has 0 rings (SSSR count). The maximum Gasteiger partial charge on any atom is 0.251 e. The molecule has 0 aromatic carbocycles. The molecule has 62 valence electrons. The third-order valence-corrected chi connectivity index (χ3v) is 1.17. The highest BCUT2D eigenvalue weighted by atomic mass is 16.5. The molecule has 0 spiro atoms. The van der Waals surface area contributed by atoms with Gasteiger partial charge in [0, 0.05) is 13.5 Å². The maximum absolute atomic E-state index is 10.9. The summed E-state index contributed by atoms with van der Waals surface area (Å²) in [5.74, 6) is -1.13. The Morgan fingerprint density at radius 2 is 2.09 bits per heavy atom. The van der Waals surface area contributed by atoms with E-state index < -0.39 is 5.91 Å². The summed E-state index contributed by atoms with van der Waals surface area (Å²) in [5, 5.41) is 0. The first-order valence-electron chi connectivity index (χ1n) is 3.10. The SMILES string of the molecule is C=C(C(N)=O)C(=O)CCOC. The fraction of sp³-hybridized carbons (Fsp3) is 0.429. The number of ether oxygens (including phenoxy) is 1. The van der Waals surface area contributed by atoms with E-state index in [9.17, 15) is 9.59 Å². The minimum Gasteiger partial charge on any atom is -0.384 e. The minimum absolute atomic E-state index is 0.151. The third-order valence-electron chi connectivity index (χ3n) is 1.17. The molecule has 0 aliphatic carbocycles. The summed E-state index contributed by atoms with van der Waals surface area (Å²) in [4.78, 5) is 21.2. The van der Waals surface area contributed by atoms with Crippen molar-refractivity contribution in [3.63, 3.8) is 0 Å². The third kappa shape index (κ3) is 3.52. The van der Waals surface area contributed by atoms with Gasteiger partial charge in [-0.25, -0.2) is 0 Å². The molecule has 0 aromatic rings. The lowest BCUT2D eigenvalue weighted by Crippen LogP contribution is -2.20. The van der Waals surface area contributed by atoms with Gasteiger partial charge in [-0.15, -0.1) is 0 Å². The predicted molar refractivity (Wildman–Crippen MR) is 39.8 cm³/mol. The number of amides is 1. The van der Waals surface area contributed by atoms with Crippen molar-refractivity contribution in [3.05, 3.63) is 12.2 Å². The van der Waals surface area contributed by atoms with Gasteiger partial charge in [-0.05, 0) is 0 Å². The molecule has 0 radical (unpaired) electrons. The van der Waals surface area contributed by atoms with E-state index >= 15 is 0 Å². The lowest BCUT2D eigenvalue weighted by molar-refractivity contribution is -0.121. The average Bonchev–Trinajstić information content (AvgIpc) is 1.98. The van der Waals surface area contributed by atoms with Crippen LogP contribution in [0.15, 0.2) is 12.2 Å². The molecule has 0 atom stereocenters. The van der Waals surface area contributed by atoms with Crippen molar-refractivity contribution in [2.24, 2.45) is 5.73 Å². The van der Waals surface area contributed by atoms with Crippen molar-refractivity contribution in [3.8, 4) is 0 Å². The number of Topliss-reactive ketones (excluding diaryl/α,β-unsaturated/α-hetero) is 1. The number of methoxy groups -OCH3 is 1.